The van der Waals surface area contributed by atoms with Crippen LogP contribution in [0.1, 0.15) is 29.3 Å². The minimum absolute atomic E-state index is 0.337. The number of benzene rings is 1. The van der Waals surface area contributed by atoms with Crippen LogP contribution in [0.4, 0.5) is 0 Å². The van der Waals surface area contributed by atoms with Crippen molar-refractivity contribution in [2.45, 2.75) is 24.3 Å². The zero-order chi connectivity index (χ0) is 12.0. The van der Waals surface area contributed by atoms with Crippen molar-refractivity contribution >= 4 is 17.7 Å². The lowest BCUT2D eigenvalue weighted by Crippen LogP contribution is -2.07. The van der Waals surface area contributed by atoms with Gasteiger partial charge in [0, 0.05) is 11.0 Å². The van der Waals surface area contributed by atoms with Gasteiger partial charge in [-0.2, -0.15) is 11.8 Å². The number of carboxylic acid groups (broad SMARTS) is 1. The Labute approximate surface area is 100 Å². The molecule has 1 unspecified atom stereocenters. The highest BCUT2D eigenvalue weighted by molar-refractivity contribution is 7.99. The fourth-order valence-corrected chi connectivity index (χ4v) is 2.27. The maximum Gasteiger partial charge on any atom is 0.335 e. The third-order valence-corrected chi connectivity index (χ3v) is 3.61. The van der Waals surface area contributed by atoms with E-state index in [1.165, 1.54) is 0 Å². The molecule has 0 amide bonds. The third-order valence-electron chi connectivity index (χ3n) is 2.31. The number of nitrogens with two attached hydrogens (primary N) is 1. The molecule has 0 spiro atoms. The van der Waals surface area contributed by atoms with E-state index >= 15 is 0 Å². The first-order valence-corrected chi connectivity index (χ1v) is 6.32. The molecule has 0 saturated heterocycles. The first-order valence-electron chi connectivity index (χ1n) is 5.27. The van der Waals surface area contributed by atoms with Gasteiger partial charge >= 0.3 is 5.97 Å². The fraction of sp³-hybridized carbons (Fsp3) is 0.417. The Hall–Kier alpha value is -1.00. The number of hydrogen-bond acceptors (Lipinski definition) is 3. The molecule has 1 atom stereocenters. The summed E-state index contributed by atoms with van der Waals surface area (Å²) < 4.78 is 0. The van der Waals surface area contributed by atoms with Gasteiger partial charge in [0.2, 0.25) is 0 Å². The topological polar surface area (TPSA) is 63.3 Å². The van der Waals surface area contributed by atoms with Gasteiger partial charge < -0.3 is 10.8 Å². The first-order chi connectivity index (χ1) is 7.63. The van der Waals surface area contributed by atoms with Crippen LogP contribution >= 0.6 is 11.8 Å². The minimum atomic E-state index is -0.879. The summed E-state index contributed by atoms with van der Waals surface area (Å²) in [6.07, 6.45) is 1.01. The molecular formula is C12H17NO2S. The summed E-state index contributed by atoms with van der Waals surface area (Å²) in [5.74, 6) is 0.0249. The number of thioether (sulfide) groups is 1. The van der Waals surface area contributed by atoms with E-state index in [-0.39, 0.29) is 0 Å². The minimum Gasteiger partial charge on any atom is -0.478 e. The smallest absolute Gasteiger partial charge is 0.335 e. The van der Waals surface area contributed by atoms with Crippen LogP contribution in [0.2, 0.25) is 0 Å². The Bertz CT molecular complexity index is 337. The molecule has 1 rings (SSSR count). The summed E-state index contributed by atoms with van der Waals surface area (Å²) in [6.45, 7) is 2.87. The molecule has 1 aromatic carbocycles. The predicted molar refractivity (Wildman–Crippen MR) is 67.8 cm³/mol. The number of aromatic carboxylic acids is 1. The van der Waals surface area contributed by atoms with E-state index in [0.29, 0.717) is 17.4 Å². The highest BCUT2D eigenvalue weighted by atomic mass is 32.2. The molecule has 4 heteroatoms. The third kappa shape index (κ3) is 4.24. The molecule has 1 aromatic rings. The van der Waals surface area contributed by atoms with Crippen molar-refractivity contribution in [2.24, 2.45) is 5.73 Å². The highest BCUT2D eigenvalue weighted by Crippen LogP contribution is 2.19. The van der Waals surface area contributed by atoms with Gasteiger partial charge in [-0.3, -0.25) is 0 Å². The van der Waals surface area contributed by atoms with Gasteiger partial charge in [0.25, 0.3) is 0 Å². The van der Waals surface area contributed by atoms with Crippen LogP contribution in [-0.4, -0.2) is 22.9 Å². The molecule has 0 saturated carbocycles. The summed E-state index contributed by atoms with van der Waals surface area (Å²) in [4.78, 5) is 10.6. The largest absolute Gasteiger partial charge is 0.478 e. The molecule has 3 nitrogen and oxygen atoms in total. The Morgan fingerprint density at radius 2 is 2.06 bits per heavy atom. The fourth-order valence-electron chi connectivity index (χ4n) is 1.30. The number of hydrogen-bond donors (Lipinski definition) is 2. The van der Waals surface area contributed by atoms with Crippen molar-refractivity contribution in [1.29, 1.82) is 0 Å². The maximum atomic E-state index is 10.6. The van der Waals surface area contributed by atoms with Crippen molar-refractivity contribution in [1.82, 2.24) is 0 Å². The van der Waals surface area contributed by atoms with E-state index in [1.807, 2.05) is 23.9 Å². The normalized spacial score (nSPS) is 12.4. The Balaban J connectivity index is 2.46. The lowest BCUT2D eigenvalue weighted by Gasteiger charge is -2.09. The van der Waals surface area contributed by atoms with Gasteiger partial charge in [-0.05, 0) is 30.7 Å². The average molecular weight is 239 g/mol. The van der Waals surface area contributed by atoms with Gasteiger partial charge in [-0.1, -0.05) is 19.1 Å². The van der Waals surface area contributed by atoms with Crippen LogP contribution in [0, 0.1) is 0 Å². The lowest BCUT2D eigenvalue weighted by atomic mass is 10.1. The molecule has 0 bridgehead atoms. The van der Waals surface area contributed by atoms with Gasteiger partial charge in [0.05, 0.1) is 5.56 Å². The molecule has 0 fully saturated rings. The van der Waals surface area contributed by atoms with Crippen molar-refractivity contribution < 1.29 is 9.90 Å². The summed E-state index contributed by atoms with van der Waals surface area (Å²) in [7, 11) is 0. The molecule has 16 heavy (non-hydrogen) atoms. The van der Waals surface area contributed by atoms with Gasteiger partial charge in [0.1, 0.15) is 0 Å². The average Bonchev–Trinajstić information content (AvgIpc) is 2.27. The highest BCUT2D eigenvalue weighted by Gasteiger charge is 2.04. The molecule has 0 aromatic heterocycles. The van der Waals surface area contributed by atoms with E-state index in [9.17, 15) is 4.79 Å². The first kappa shape index (κ1) is 13.1. The van der Waals surface area contributed by atoms with E-state index in [4.69, 9.17) is 10.8 Å². The maximum absolute atomic E-state index is 10.6. The molecular weight excluding hydrogens is 222 g/mol. The van der Waals surface area contributed by atoms with Crippen LogP contribution in [0.3, 0.4) is 0 Å². The SMILES string of the molecule is CC(CCN)SCc1ccc(C(=O)O)cc1. The number of carboxylic acids is 1. The van der Waals surface area contributed by atoms with Gasteiger partial charge in [-0.15, -0.1) is 0 Å². The molecule has 0 aliphatic rings. The Kier molecular flexibility index (Phi) is 5.35. The summed E-state index contributed by atoms with van der Waals surface area (Å²) in [5.41, 5.74) is 6.96. The zero-order valence-corrected chi connectivity index (χ0v) is 10.2. The quantitative estimate of drug-likeness (QED) is 0.800. The molecule has 0 radical (unpaired) electrons. The Morgan fingerprint density at radius 1 is 1.44 bits per heavy atom. The van der Waals surface area contributed by atoms with Gasteiger partial charge in [-0.25, -0.2) is 4.79 Å². The zero-order valence-electron chi connectivity index (χ0n) is 9.35. The van der Waals surface area contributed by atoms with Crippen LogP contribution in [0.15, 0.2) is 24.3 Å². The van der Waals surface area contributed by atoms with E-state index < -0.39 is 5.97 Å². The van der Waals surface area contributed by atoms with E-state index in [1.54, 1.807) is 12.1 Å². The van der Waals surface area contributed by atoms with Crippen LogP contribution in [-0.2, 0) is 5.75 Å². The van der Waals surface area contributed by atoms with E-state index in [2.05, 4.69) is 6.92 Å². The molecule has 0 aliphatic carbocycles. The number of carbonyl (C=O) groups is 1. The lowest BCUT2D eigenvalue weighted by molar-refractivity contribution is 0.0697. The van der Waals surface area contributed by atoms with Crippen LogP contribution in [0.25, 0.3) is 0 Å². The van der Waals surface area contributed by atoms with Crippen molar-refractivity contribution in [2.75, 3.05) is 6.54 Å². The van der Waals surface area contributed by atoms with Crippen molar-refractivity contribution in [3.8, 4) is 0 Å². The standard InChI is InChI=1S/C12H17NO2S/c1-9(6-7-13)16-8-10-2-4-11(5-3-10)12(14)15/h2-5,9H,6-8,13H2,1H3,(H,14,15). The van der Waals surface area contributed by atoms with Crippen molar-refractivity contribution in [3.63, 3.8) is 0 Å². The Morgan fingerprint density at radius 3 is 2.56 bits per heavy atom. The molecule has 0 aliphatic heterocycles. The second-order valence-corrected chi connectivity index (χ2v) is 5.13. The molecule has 3 N–H and O–H groups in total. The van der Waals surface area contributed by atoms with Crippen LogP contribution < -0.4 is 5.73 Å². The second-order valence-electron chi connectivity index (χ2n) is 3.70. The second kappa shape index (κ2) is 6.55. The molecule has 0 heterocycles. The predicted octanol–water partition coefficient (Wildman–Crippen LogP) is 2.36. The summed E-state index contributed by atoms with van der Waals surface area (Å²) in [5, 5.41) is 9.29. The molecule has 88 valence electrons. The van der Waals surface area contributed by atoms with Crippen LogP contribution in [0.5, 0.6) is 0 Å². The van der Waals surface area contributed by atoms with Crippen molar-refractivity contribution in [3.05, 3.63) is 35.4 Å². The van der Waals surface area contributed by atoms with E-state index in [0.717, 1.165) is 17.7 Å². The monoisotopic (exact) mass is 239 g/mol. The summed E-state index contributed by atoms with van der Waals surface area (Å²) >= 11 is 1.84. The summed E-state index contributed by atoms with van der Waals surface area (Å²) in [6, 6.07) is 7.02. The number of rotatable bonds is 6. The van der Waals surface area contributed by atoms with Gasteiger partial charge in [0.15, 0.2) is 0 Å².